The molecule has 25 heavy (non-hydrogen) atoms. The number of benzene rings is 2. The van der Waals surface area contributed by atoms with Gasteiger partial charge < -0.3 is 5.32 Å². The van der Waals surface area contributed by atoms with Crippen molar-refractivity contribution in [3.05, 3.63) is 82.1 Å². The van der Waals surface area contributed by atoms with Gasteiger partial charge in [-0.15, -0.1) is 0 Å². The third-order valence-corrected chi connectivity index (χ3v) is 3.71. The van der Waals surface area contributed by atoms with E-state index in [4.69, 9.17) is 11.6 Å². The zero-order chi connectivity index (χ0) is 17.8. The summed E-state index contributed by atoms with van der Waals surface area (Å²) in [6.07, 6.45) is 1.32. The SMILES string of the molecule is O=C(Cn1cnc(-c2ccc(Cl)cc2)cc1=O)Nc1ccc(F)cc1. The smallest absolute Gasteiger partial charge is 0.254 e. The third kappa shape index (κ3) is 4.30. The number of carbonyl (C=O) groups is 1. The predicted molar refractivity (Wildman–Crippen MR) is 94.0 cm³/mol. The predicted octanol–water partition coefficient (Wildman–Crippen LogP) is 3.34. The average Bonchev–Trinajstić information content (AvgIpc) is 2.59. The van der Waals surface area contributed by atoms with Gasteiger partial charge >= 0.3 is 0 Å². The lowest BCUT2D eigenvalue weighted by molar-refractivity contribution is -0.116. The van der Waals surface area contributed by atoms with Gasteiger partial charge in [-0.25, -0.2) is 9.37 Å². The number of nitrogens with zero attached hydrogens (tertiary/aromatic N) is 2. The fourth-order valence-corrected chi connectivity index (χ4v) is 2.34. The zero-order valence-electron chi connectivity index (χ0n) is 12.9. The molecule has 0 aliphatic carbocycles. The Morgan fingerprint density at radius 2 is 1.80 bits per heavy atom. The van der Waals surface area contributed by atoms with Crippen molar-refractivity contribution in [1.29, 1.82) is 0 Å². The van der Waals surface area contributed by atoms with Gasteiger partial charge in [0.1, 0.15) is 12.4 Å². The molecular formula is C18H13ClFN3O2. The molecule has 2 aromatic carbocycles. The second-order valence-corrected chi connectivity index (χ2v) is 5.74. The van der Waals surface area contributed by atoms with E-state index in [1.54, 1.807) is 24.3 Å². The Morgan fingerprint density at radius 1 is 1.12 bits per heavy atom. The van der Waals surface area contributed by atoms with E-state index in [0.717, 1.165) is 5.56 Å². The van der Waals surface area contributed by atoms with Crippen LogP contribution in [-0.2, 0) is 11.3 Å². The molecule has 3 aromatic rings. The van der Waals surface area contributed by atoms with Gasteiger partial charge in [-0.3, -0.25) is 14.2 Å². The van der Waals surface area contributed by atoms with E-state index in [-0.39, 0.29) is 12.1 Å². The van der Waals surface area contributed by atoms with Crippen LogP contribution in [0.2, 0.25) is 5.02 Å². The second-order valence-electron chi connectivity index (χ2n) is 5.30. The Hall–Kier alpha value is -2.99. The standard InChI is InChI=1S/C18H13ClFN3O2/c19-13-3-1-12(2-4-13)16-9-18(25)23(11-21-16)10-17(24)22-15-7-5-14(20)6-8-15/h1-9,11H,10H2,(H,22,24). The molecule has 1 aromatic heterocycles. The average molecular weight is 358 g/mol. The van der Waals surface area contributed by atoms with Crippen LogP contribution in [0.25, 0.3) is 11.3 Å². The summed E-state index contributed by atoms with van der Waals surface area (Å²) in [5.74, 6) is -0.800. The highest BCUT2D eigenvalue weighted by molar-refractivity contribution is 6.30. The van der Waals surface area contributed by atoms with Crippen molar-refractivity contribution in [1.82, 2.24) is 9.55 Å². The summed E-state index contributed by atoms with van der Waals surface area (Å²) in [6, 6.07) is 13.7. The topological polar surface area (TPSA) is 64.0 Å². The fourth-order valence-electron chi connectivity index (χ4n) is 2.21. The molecular weight excluding hydrogens is 345 g/mol. The third-order valence-electron chi connectivity index (χ3n) is 3.46. The van der Waals surface area contributed by atoms with Crippen LogP contribution in [0.3, 0.4) is 0 Å². The summed E-state index contributed by atoms with van der Waals surface area (Å²) in [5, 5.41) is 3.18. The van der Waals surface area contributed by atoms with Crippen LogP contribution < -0.4 is 10.9 Å². The lowest BCUT2D eigenvalue weighted by atomic mass is 10.1. The van der Waals surface area contributed by atoms with Crippen molar-refractivity contribution < 1.29 is 9.18 Å². The molecule has 0 saturated carbocycles. The van der Waals surface area contributed by atoms with Crippen molar-refractivity contribution in [2.75, 3.05) is 5.32 Å². The highest BCUT2D eigenvalue weighted by Gasteiger charge is 2.08. The minimum atomic E-state index is -0.408. The van der Waals surface area contributed by atoms with E-state index in [2.05, 4.69) is 10.3 Å². The van der Waals surface area contributed by atoms with E-state index >= 15 is 0 Å². The molecule has 0 spiro atoms. The molecule has 0 radical (unpaired) electrons. The van der Waals surface area contributed by atoms with E-state index < -0.39 is 11.7 Å². The highest BCUT2D eigenvalue weighted by Crippen LogP contribution is 2.18. The molecule has 0 bridgehead atoms. The first-order chi connectivity index (χ1) is 12.0. The number of hydrogen-bond acceptors (Lipinski definition) is 3. The van der Waals surface area contributed by atoms with Crippen LogP contribution in [0.5, 0.6) is 0 Å². The second kappa shape index (κ2) is 7.27. The van der Waals surface area contributed by atoms with Gasteiger partial charge in [-0.05, 0) is 36.4 Å². The normalized spacial score (nSPS) is 10.5. The number of carbonyl (C=O) groups excluding carboxylic acids is 1. The number of hydrogen-bond donors (Lipinski definition) is 1. The lowest BCUT2D eigenvalue weighted by Crippen LogP contribution is -2.27. The van der Waals surface area contributed by atoms with Crippen LogP contribution in [-0.4, -0.2) is 15.5 Å². The van der Waals surface area contributed by atoms with Crippen LogP contribution in [0, 0.1) is 5.82 Å². The van der Waals surface area contributed by atoms with E-state index in [1.807, 2.05) is 0 Å². The molecule has 126 valence electrons. The summed E-state index contributed by atoms with van der Waals surface area (Å²) in [4.78, 5) is 28.4. The Bertz CT molecular complexity index is 953. The molecule has 5 nitrogen and oxygen atoms in total. The molecule has 7 heteroatoms. The summed E-state index contributed by atoms with van der Waals surface area (Å²) in [6.45, 7) is -0.190. The van der Waals surface area contributed by atoms with Crippen molar-refractivity contribution in [2.45, 2.75) is 6.54 Å². The molecule has 0 aliphatic heterocycles. The minimum absolute atomic E-state index is 0.190. The fraction of sp³-hybridized carbons (Fsp3) is 0.0556. The van der Waals surface area contributed by atoms with Gasteiger partial charge in [0, 0.05) is 22.3 Å². The van der Waals surface area contributed by atoms with Crippen molar-refractivity contribution in [2.24, 2.45) is 0 Å². The summed E-state index contributed by atoms with van der Waals surface area (Å²) in [7, 11) is 0. The number of anilines is 1. The molecule has 0 atom stereocenters. The Balaban J connectivity index is 1.72. The quantitative estimate of drug-likeness (QED) is 0.778. The van der Waals surface area contributed by atoms with Crippen molar-refractivity contribution in [3.8, 4) is 11.3 Å². The van der Waals surface area contributed by atoms with Crippen LogP contribution >= 0.6 is 11.6 Å². The monoisotopic (exact) mass is 357 g/mol. The maximum atomic E-state index is 12.9. The largest absolute Gasteiger partial charge is 0.325 e. The molecule has 0 saturated heterocycles. The van der Waals surface area contributed by atoms with Gasteiger partial charge in [0.2, 0.25) is 5.91 Å². The minimum Gasteiger partial charge on any atom is -0.325 e. The first-order valence-electron chi connectivity index (χ1n) is 7.39. The number of nitrogens with one attached hydrogen (secondary N) is 1. The first-order valence-corrected chi connectivity index (χ1v) is 7.77. The van der Waals surface area contributed by atoms with Gasteiger partial charge in [-0.2, -0.15) is 0 Å². The molecule has 0 aliphatic rings. The van der Waals surface area contributed by atoms with Crippen molar-refractivity contribution >= 4 is 23.2 Å². The van der Waals surface area contributed by atoms with Gasteiger partial charge in [0.25, 0.3) is 5.56 Å². The Labute approximate surface area is 147 Å². The van der Waals surface area contributed by atoms with Crippen LogP contribution in [0.4, 0.5) is 10.1 Å². The van der Waals surface area contributed by atoms with Crippen LogP contribution in [0.15, 0.2) is 65.7 Å². The van der Waals surface area contributed by atoms with E-state index in [1.165, 1.54) is 41.2 Å². The van der Waals surface area contributed by atoms with Crippen molar-refractivity contribution in [3.63, 3.8) is 0 Å². The summed E-state index contributed by atoms with van der Waals surface area (Å²) in [5.41, 5.74) is 1.35. The van der Waals surface area contributed by atoms with Gasteiger partial charge in [-0.1, -0.05) is 23.7 Å². The summed E-state index contributed by atoms with van der Waals surface area (Å²) >= 11 is 5.84. The molecule has 1 heterocycles. The number of amides is 1. The van der Waals surface area contributed by atoms with E-state index in [9.17, 15) is 14.0 Å². The number of rotatable bonds is 4. The molecule has 1 amide bonds. The van der Waals surface area contributed by atoms with E-state index in [0.29, 0.717) is 16.4 Å². The molecule has 3 rings (SSSR count). The maximum absolute atomic E-state index is 12.9. The maximum Gasteiger partial charge on any atom is 0.254 e. The Morgan fingerprint density at radius 3 is 2.44 bits per heavy atom. The zero-order valence-corrected chi connectivity index (χ0v) is 13.7. The van der Waals surface area contributed by atoms with Gasteiger partial charge in [0.15, 0.2) is 0 Å². The number of halogens is 2. The first kappa shape index (κ1) is 16.9. The molecule has 1 N–H and O–H groups in total. The Kier molecular flexibility index (Phi) is 4.90. The number of aromatic nitrogens is 2. The molecule has 0 unspecified atom stereocenters. The highest BCUT2D eigenvalue weighted by atomic mass is 35.5. The van der Waals surface area contributed by atoms with Gasteiger partial charge in [0.05, 0.1) is 12.0 Å². The van der Waals surface area contributed by atoms with Crippen LogP contribution in [0.1, 0.15) is 0 Å². The lowest BCUT2D eigenvalue weighted by Gasteiger charge is -2.08. The molecule has 0 fully saturated rings. The summed E-state index contributed by atoms with van der Waals surface area (Å²) < 4.78 is 14.0.